The molecule has 2 amide bonds. The van der Waals surface area contributed by atoms with Crippen LogP contribution in [0.5, 0.6) is 0 Å². The average molecular weight is 482 g/mol. The molecule has 3 aromatic rings. The SMILES string of the molecule is CN1C(=O)CCc2ccc(NC(=O)c3ccc(-c4ccccc4)c(CN(C)C4CCCCC4)c3)cc21. The van der Waals surface area contributed by atoms with Crippen LogP contribution >= 0.6 is 0 Å². The Morgan fingerprint density at radius 1 is 0.972 bits per heavy atom. The van der Waals surface area contributed by atoms with Gasteiger partial charge in [-0.25, -0.2) is 0 Å². The molecule has 5 heteroatoms. The highest BCUT2D eigenvalue weighted by Crippen LogP contribution is 2.31. The predicted octanol–water partition coefficient (Wildman–Crippen LogP) is 6.28. The van der Waals surface area contributed by atoms with Gasteiger partial charge in [0.2, 0.25) is 5.91 Å². The number of carbonyl (C=O) groups excluding carboxylic acids is 2. The minimum atomic E-state index is -0.138. The molecule has 0 bridgehead atoms. The van der Waals surface area contributed by atoms with Crippen LogP contribution in [-0.2, 0) is 17.8 Å². The van der Waals surface area contributed by atoms with Crippen LogP contribution in [0.2, 0.25) is 0 Å². The summed E-state index contributed by atoms with van der Waals surface area (Å²) in [7, 11) is 4.01. The van der Waals surface area contributed by atoms with E-state index in [1.54, 1.807) is 11.9 Å². The van der Waals surface area contributed by atoms with Gasteiger partial charge in [0.05, 0.1) is 0 Å². The van der Waals surface area contributed by atoms with Gasteiger partial charge in [-0.1, -0.05) is 61.7 Å². The summed E-state index contributed by atoms with van der Waals surface area (Å²) < 4.78 is 0. The number of nitrogens with one attached hydrogen (secondary N) is 1. The van der Waals surface area contributed by atoms with E-state index in [2.05, 4.69) is 47.6 Å². The molecule has 2 aliphatic rings. The molecule has 0 saturated heterocycles. The zero-order chi connectivity index (χ0) is 25.1. The molecular formula is C31H35N3O2. The second-order valence-corrected chi connectivity index (χ2v) is 10.2. The highest BCUT2D eigenvalue weighted by Gasteiger charge is 2.22. The van der Waals surface area contributed by atoms with Crippen LogP contribution in [0.1, 0.15) is 60.0 Å². The molecule has 5 nitrogen and oxygen atoms in total. The molecular weight excluding hydrogens is 446 g/mol. The summed E-state index contributed by atoms with van der Waals surface area (Å²) in [4.78, 5) is 29.6. The summed E-state index contributed by atoms with van der Waals surface area (Å²) in [5.74, 6) is -0.0323. The first-order valence-electron chi connectivity index (χ1n) is 13.1. The van der Waals surface area contributed by atoms with Gasteiger partial charge in [-0.3, -0.25) is 14.5 Å². The number of amides is 2. The number of rotatable bonds is 6. The van der Waals surface area contributed by atoms with Crippen molar-refractivity contribution in [2.45, 2.75) is 57.5 Å². The molecule has 0 unspecified atom stereocenters. The summed E-state index contributed by atoms with van der Waals surface area (Å²) >= 11 is 0. The number of carbonyl (C=O) groups is 2. The average Bonchev–Trinajstić information content (AvgIpc) is 2.92. The highest BCUT2D eigenvalue weighted by atomic mass is 16.2. The standard InChI is InChI=1S/C31H35N3O2/c1-33(27-11-7-4-8-12-27)21-25-19-24(14-17-28(25)22-9-5-3-6-10-22)31(36)32-26-16-13-23-15-18-30(35)34(2)29(23)20-26/h3,5-6,9-10,13-14,16-17,19-20,27H,4,7-8,11-12,15,18,21H2,1-2H3,(H,32,36). The van der Waals surface area contributed by atoms with Crippen LogP contribution in [0, 0.1) is 0 Å². The molecule has 186 valence electrons. The molecule has 0 radical (unpaired) electrons. The number of aryl methyl sites for hydroxylation is 1. The molecule has 1 N–H and O–H groups in total. The van der Waals surface area contributed by atoms with Gasteiger partial charge in [-0.05, 0) is 72.8 Å². The minimum absolute atomic E-state index is 0.106. The summed E-state index contributed by atoms with van der Waals surface area (Å²) in [6.07, 6.45) is 7.68. The van der Waals surface area contributed by atoms with E-state index in [-0.39, 0.29) is 11.8 Å². The highest BCUT2D eigenvalue weighted by molar-refractivity contribution is 6.05. The third-order valence-electron chi connectivity index (χ3n) is 7.76. The topological polar surface area (TPSA) is 52.7 Å². The molecule has 1 saturated carbocycles. The lowest BCUT2D eigenvalue weighted by Gasteiger charge is -2.32. The van der Waals surface area contributed by atoms with E-state index in [9.17, 15) is 9.59 Å². The number of hydrogen-bond donors (Lipinski definition) is 1. The van der Waals surface area contributed by atoms with Crippen molar-refractivity contribution in [2.75, 3.05) is 24.3 Å². The van der Waals surface area contributed by atoms with Gasteiger partial charge in [-0.2, -0.15) is 0 Å². The van der Waals surface area contributed by atoms with Crippen LogP contribution in [0.15, 0.2) is 66.7 Å². The maximum Gasteiger partial charge on any atom is 0.255 e. The fraction of sp³-hybridized carbons (Fsp3) is 0.355. The van der Waals surface area contributed by atoms with E-state index in [0.29, 0.717) is 23.7 Å². The zero-order valence-corrected chi connectivity index (χ0v) is 21.3. The van der Waals surface area contributed by atoms with Crippen molar-refractivity contribution in [3.63, 3.8) is 0 Å². The van der Waals surface area contributed by atoms with E-state index in [4.69, 9.17) is 0 Å². The fourth-order valence-corrected chi connectivity index (χ4v) is 5.60. The van der Waals surface area contributed by atoms with Gasteiger partial charge in [0, 0.05) is 43.0 Å². The van der Waals surface area contributed by atoms with Gasteiger partial charge < -0.3 is 10.2 Å². The Morgan fingerprint density at radius 3 is 2.53 bits per heavy atom. The number of hydrogen-bond acceptors (Lipinski definition) is 3. The Hall–Kier alpha value is -3.44. The van der Waals surface area contributed by atoms with Gasteiger partial charge in [0.25, 0.3) is 5.91 Å². The first-order chi connectivity index (χ1) is 17.5. The Bertz CT molecular complexity index is 1250. The monoisotopic (exact) mass is 481 g/mol. The number of anilines is 2. The van der Waals surface area contributed by atoms with Gasteiger partial charge in [0.1, 0.15) is 0 Å². The fourth-order valence-electron chi connectivity index (χ4n) is 5.60. The lowest BCUT2D eigenvalue weighted by Crippen LogP contribution is -2.33. The number of benzene rings is 3. The van der Waals surface area contributed by atoms with Gasteiger partial charge >= 0.3 is 0 Å². The summed E-state index contributed by atoms with van der Waals surface area (Å²) in [5, 5.41) is 3.06. The van der Waals surface area contributed by atoms with Crippen LogP contribution in [0.4, 0.5) is 11.4 Å². The Morgan fingerprint density at radius 2 is 1.75 bits per heavy atom. The second kappa shape index (κ2) is 10.7. The lowest BCUT2D eigenvalue weighted by atomic mass is 9.93. The third kappa shape index (κ3) is 5.21. The van der Waals surface area contributed by atoms with Gasteiger partial charge in [0.15, 0.2) is 0 Å². The molecule has 1 aliphatic carbocycles. The normalized spacial score (nSPS) is 16.2. The molecule has 0 aromatic heterocycles. The Kier molecular flexibility index (Phi) is 7.19. The van der Waals surface area contributed by atoms with Crippen LogP contribution in [0.25, 0.3) is 11.1 Å². The molecule has 36 heavy (non-hydrogen) atoms. The smallest absolute Gasteiger partial charge is 0.255 e. The maximum atomic E-state index is 13.3. The van der Waals surface area contributed by atoms with Crippen molar-refractivity contribution in [3.05, 3.63) is 83.4 Å². The number of nitrogens with zero attached hydrogens (tertiary/aromatic N) is 2. The Balaban J connectivity index is 1.40. The van der Waals surface area contributed by atoms with E-state index < -0.39 is 0 Å². The molecule has 1 aliphatic heterocycles. The molecule has 1 fully saturated rings. The van der Waals surface area contributed by atoms with Crippen molar-refractivity contribution in [1.29, 1.82) is 0 Å². The van der Waals surface area contributed by atoms with Crippen LogP contribution < -0.4 is 10.2 Å². The molecule has 0 atom stereocenters. The van der Waals surface area contributed by atoms with Crippen LogP contribution in [-0.4, -0.2) is 36.9 Å². The quantitative estimate of drug-likeness (QED) is 0.451. The van der Waals surface area contributed by atoms with Crippen molar-refractivity contribution in [1.82, 2.24) is 4.90 Å². The summed E-state index contributed by atoms with van der Waals surface area (Å²) in [6, 6.07) is 22.9. The van der Waals surface area contributed by atoms with Crippen molar-refractivity contribution < 1.29 is 9.59 Å². The van der Waals surface area contributed by atoms with Gasteiger partial charge in [-0.15, -0.1) is 0 Å². The van der Waals surface area contributed by atoms with E-state index in [0.717, 1.165) is 29.8 Å². The van der Waals surface area contributed by atoms with E-state index in [1.165, 1.54) is 43.2 Å². The summed E-state index contributed by atoms with van der Waals surface area (Å²) in [5.41, 5.74) is 6.85. The second-order valence-electron chi connectivity index (χ2n) is 10.2. The largest absolute Gasteiger partial charge is 0.322 e. The molecule has 0 spiro atoms. The van der Waals surface area contributed by atoms with Crippen LogP contribution in [0.3, 0.4) is 0 Å². The zero-order valence-electron chi connectivity index (χ0n) is 21.3. The van der Waals surface area contributed by atoms with Crippen molar-refractivity contribution in [3.8, 4) is 11.1 Å². The lowest BCUT2D eigenvalue weighted by molar-refractivity contribution is -0.118. The minimum Gasteiger partial charge on any atom is -0.322 e. The molecule has 3 aromatic carbocycles. The maximum absolute atomic E-state index is 13.3. The van der Waals surface area contributed by atoms with Crippen molar-refractivity contribution >= 4 is 23.2 Å². The van der Waals surface area contributed by atoms with E-state index >= 15 is 0 Å². The molecule has 1 heterocycles. The first kappa shape index (κ1) is 24.3. The Labute approximate surface area is 214 Å². The predicted molar refractivity (Wildman–Crippen MR) is 146 cm³/mol. The summed E-state index contributed by atoms with van der Waals surface area (Å²) in [6.45, 7) is 0.807. The van der Waals surface area contributed by atoms with Crippen molar-refractivity contribution in [2.24, 2.45) is 0 Å². The third-order valence-corrected chi connectivity index (χ3v) is 7.76. The van der Waals surface area contributed by atoms with E-state index in [1.807, 2.05) is 36.4 Å². The number of fused-ring (bicyclic) bond motifs is 1. The molecule has 5 rings (SSSR count). The first-order valence-corrected chi connectivity index (χ1v) is 13.1.